The number of rotatable bonds is 6. The van der Waals surface area contributed by atoms with Crippen LogP contribution in [0.5, 0.6) is 5.75 Å². The Labute approximate surface area is 173 Å². The fraction of sp³-hybridized carbons (Fsp3) is 0.350. The second-order valence-electron chi connectivity index (χ2n) is 7.10. The quantitative estimate of drug-likeness (QED) is 0.711. The predicted molar refractivity (Wildman–Crippen MR) is 110 cm³/mol. The standard InChI is InChI=1S/C20H21BrN2O4S/c1-27-17-6-2-13(3-7-17)12-22-28(25,26)18-11-16(21)10-15-8-9-23(19(15)18)20(24)14-4-5-14/h2-3,6-7,10-11,14,22H,4-5,8-9,12H2,1H3. The molecule has 6 nitrogen and oxygen atoms in total. The fourth-order valence-corrected chi connectivity index (χ4v) is 5.39. The molecule has 2 aliphatic rings. The average molecular weight is 465 g/mol. The fourth-order valence-electron chi connectivity index (χ4n) is 3.44. The van der Waals surface area contributed by atoms with Crippen LogP contribution in [0.1, 0.15) is 24.0 Å². The molecule has 8 heteroatoms. The molecule has 0 saturated heterocycles. The SMILES string of the molecule is COc1ccc(CNS(=O)(=O)c2cc(Br)cc3c2N(C(=O)C2CC2)CC3)cc1. The van der Waals surface area contributed by atoms with Crippen LogP contribution in [-0.4, -0.2) is 28.0 Å². The Bertz CT molecular complexity index is 1020. The minimum atomic E-state index is -3.80. The van der Waals surface area contributed by atoms with Gasteiger partial charge in [-0.15, -0.1) is 0 Å². The molecule has 1 aliphatic heterocycles. The molecule has 0 atom stereocenters. The number of halogens is 1. The molecule has 0 spiro atoms. The summed E-state index contributed by atoms with van der Waals surface area (Å²) in [6.07, 6.45) is 2.44. The monoisotopic (exact) mass is 464 g/mol. The summed E-state index contributed by atoms with van der Waals surface area (Å²) in [5, 5.41) is 0. The van der Waals surface area contributed by atoms with Crippen molar-refractivity contribution in [2.75, 3.05) is 18.6 Å². The van der Waals surface area contributed by atoms with Gasteiger partial charge in [-0.05, 0) is 54.7 Å². The molecule has 0 unspecified atom stereocenters. The number of nitrogens with one attached hydrogen (secondary N) is 1. The van der Waals surface area contributed by atoms with Crippen LogP contribution in [0.3, 0.4) is 0 Å². The number of sulfonamides is 1. The molecule has 1 heterocycles. The summed E-state index contributed by atoms with van der Waals surface area (Å²) in [7, 11) is -2.22. The van der Waals surface area contributed by atoms with Crippen molar-refractivity contribution in [3.8, 4) is 5.75 Å². The molecule has 0 bridgehead atoms. The highest BCUT2D eigenvalue weighted by Gasteiger charge is 2.39. The van der Waals surface area contributed by atoms with Gasteiger partial charge in [-0.1, -0.05) is 28.1 Å². The lowest BCUT2D eigenvalue weighted by Crippen LogP contribution is -2.32. The number of hydrogen-bond acceptors (Lipinski definition) is 4. The zero-order valence-corrected chi connectivity index (χ0v) is 17.8. The van der Waals surface area contributed by atoms with E-state index in [1.165, 1.54) is 0 Å². The van der Waals surface area contributed by atoms with Crippen LogP contribution < -0.4 is 14.4 Å². The molecule has 1 fully saturated rings. The van der Waals surface area contributed by atoms with Crippen molar-refractivity contribution in [3.63, 3.8) is 0 Å². The van der Waals surface area contributed by atoms with E-state index >= 15 is 0 Å². The topological polar surface area (TPSA) is 75.7 Å². The summed E-state index contributed by atoms with van der Waals surface area (Å²) in [4.78, 5) is 14.5. The second-order valence-corrected chi connectivity index (χ2v) is 9.75. The summed E-state index contributed by atoms with van der Waals surface area (Å²) in [6, 6.07) is 10.7. The van der Waals surface area contributed by atoms with E-state index in [4.69, 9.17) is 4.74 Å². The maximum absolute atomic E-state index is 13.1. The number of methoxy groups -OCH3 is 1. The molecular weight excluding hydrogens is 444 g/mol. The van der Waals surface area contributed by atoms with Crippen LogP contribution in [0.25, 0.3) is 0 Å². The van der Waals surface area contributed by atoms with Crippen LogP contribution in [-0.2, 0) is 27.8 Å². The first-order chi connectivity index (χ1) is 13.4. The van der Waals surface area contributed by atoms with E-state index in [9.17, 15) is 13.2 Å². The van der Waals surface area contributed by atoms with Crippen molar-refractivity contribution in [1.29, 1.82) is 0 Å². The summed E-state index contributed by atoms with van der Waals surface area (Å²) < 4.78 is 34.7. The maximum atomic E-state index is 13.1. The number of carbonyl (C=O) groups is 1. The Morgan fingerprint density at radius 3 is 2.61 bits per heavy atom. The minimum absolute atomic E-state index is 0.0349. The zero-order chi connectivity index (χ0) is 19.9. The van der Waals surface area contributed by atoms with Crippen LogP contribution in [0.4, 0.5) is 5.69 Å². The highest BCUT2D eigenvalue weighted by molar-refractivity contribution is 9.10. The summed E-state index contributed by atoms with van der Waals surface area (Å²) in [5.41, 5.74) is 2.23. The van der Waals surface area contributed by atoms with Crippen LogP contribution in [0, 0.1) is 5.92 Å². The largest absolute Gasteiger partial charge is 0.497 e. The van der Waals surface area contributed by atoms with Gasteiger partial charge in [0.05, 0.1) is 12.8 Å². The molecule has 1 N–H and O–H groups in total. The molecule has 2 aromatic carbocycles. The molecule has 2 aromatic rings. The Morgan fingerprint density at radius 2 is 1.96 bits per heavy atom. The number of benzene rings is 2. The van der Waals surface area contributed by atoms with Gasteiger partial charge in [0.2, 0.25) is 15.9 Å². The van der Waals surface area contributed by atoms with E-state index in [0.717, 1.165) is 24.0 Å². The predicted octanol–water partition coefficient (Wildman–Crippen LogP) is 3.24. The Balaban J connectivity index is 1.62. The van der Waals surface area contributed by atoms with Gasteiger partial charge in [-0.2, -0.15) is 0 Å². The molecule has 148 valence electrons. The van der Waals surface area contributed by atoms with Crippen molar-refractivity contribution >= 4 is 37.5 Å². The van der Waals surface area contributed by atoms with Crippen LogP contribution in [0.15, 0.2) is 45.8 Å². The van der Waals surface area contributed by atoms with Gasteiger partial charge in [0.15, 0.2) is 0 Å². The lowest BCUT2D eigenvalue weighted by Gasteiger charge is -2.21. The first kappa shape index (κ1) is 19.4. The van der Waals surface area contributed by atoms with Gasteiger partial charge < -0.3 is 9.64 Å². The Hall–Kier alpha value is -1.90. The van der Waals surface area contributed by atoms with E-state index in [1.807, 2.05) is 18.2 Å². The summed E-state index contributed by atoms with van der Waals surface area (Å²) >= 11 is 3.41. The molecule has 1 aliphatic carbocycles. The van der Waals surface area contributed by atoms with Crippen molar-refractivity contribution < 1.29 is 17.9 Å². The van der Waals surface area contributed by atoms with E-state index in [2.05, 4.69) is 20.7 Å². The number of carbonyl (C=O) groups excluding carboxylic acids is 1. The van der Waals surface area contributed by atoms with E-state index in [0.29, 0.717) is 28.9 Å². The first-order valence-electron chi connectivity index (χ1n) is 9.15. The van der Waals surface area contributed by atoms with Crippen molar-refractivity contribution in [3.05, 3.63) is 52.0 Å². The number of ether oxygens (including phenoxy) is 1. The Morgan fingerprint density at radius 1 is 1.25 bits per heavy atom. The van der Waals surface area contributed by atoms with Gasteiger partial charge in [-0.3, -0.25) is 4.79 Å². The number of anilines is 1. The smallest absolute Gasteiger partial charge is 0.242 e. The summed E-state index contributed by atoms with van der Waals surface area (Å²) in [5.74, 6) is 0.788. The van der Waals surface area contributed by atoms with E-state index < -0.39 is 10.0 Å². The number of hydrogen-bond donors (Lipinski definition) is 1. The number of fused-ring (bicyclic) bond motifs is 1. The zero-order valence-electron chi connectivity index (χ0n) is 15.4. The van der Waals surface area contributed by atoms with Crippen LogP contribution in [0.2, 0.25) is 0 Å². The molecule has 0 aromatic heterocycles. The van der Waals surface area contributed by atoms with Crippen molar-refractivity contribution in [1.82, 2.24) is 4.72 Å². The lowest BCUT2D eigenvalue weighted by molar-refractivity contribution is -0.119. The average Bonchev–Trinajstić information content (AvgIpc) is 3.45. The van der Waals surface area contributed by atoms with E-state index in [-0.39, 0.29) is 23.3 Å². The molecular formula is C20H21BrN2O4S. The van der Waals surface area contributed by atoms with Crippen molar-refractivity contribution in [2.24, 2.45) is 5.92 Å². The molecule has 28 heavy (non-hydrogen) atoms. The third kappa shape index (κ3) is 3.81. The first-order valence-corrected chi connectivity index (χ1v) is 11.4. The third-order valence-electron chi connectivity index (χ3n) is 5.10. The van der Waals surface area contributed by atoms with E-state index in [1.54, 1.807) is 30.2 Å². The van der Waals surface area contributed by atoms with Gasteiger partial charge in [-0.25, -0.2) is 13.1 Å². The van der Waals surface area contributed by atoms with Crippen molar-refractivity contribution in [2.45, 2.75) is 30.7 Å². The number of nitrogens with zero attached hydrogens (tertiary/aromatic N) is 1. The third-order valence-corrected chi connectivity index (χ3v) is 6.97. The van der Waals surface area contributed by atoms with Gasteiger partial charge in [0.1, 0.15) is 10.6 Å². The molecule has 4 rings (SSSR count). The normalized spacial score (nSPS) is 16.1. The highest BCUT2D eigenvalue weighted by atomic mass is 79.9. The van der Waals surface area contributed by atoms with Gasteiger partial charge in [0.25, 0.3) is 0 Å². The highest BCUT2D eigenvalue weighted by Crippen LogP contribution is 2.41. The second kappa shape index (κ2) is 7.50. The maximum Gasteiger partial charge on any atom is 0.242 e. The minimum Gasteiger partial charge on any atom is -0.497 e. The molecule has 0 radical (unpaired) electrons. The Kier molecular flexibility index (Phi) is 5.20. The van der Waals surface area contributed by atoms with Gasteiger partial charge >= 0.3 is 0 Å². The number of amides is 1. The lowest BCUT2D eigenvalue weighted by atomic mass is 10.2. The summed E-state index contributed by atoms with van der Waals surface area (Å²) in [6.45, 7) is 0.687. The van der Waals surface area contributed by atoms with Crippen LogP contribution >= 0.6 is 15.9 Å². The van der Waals surface area contributed by atoms with Gasteiger partial charge in [0, 0.05) is 23.5 Å². The molecule has 1 amide bonds. The molecule has 1 saturated carbocycles.